The normalized spacial score (nSPS) is 11.9. The second-order valence-corrected chi connectivity index (χ2v) is 5.64. The van der Waals surface area contributed by atoms with Gasteiger partial charge in [0.2, 0.25) is 0 Å². The topological polar surface area (TPSA) is 81.4 Å². The summed E-state index contributed by atoms with van der Waals surface area (Å²) < 4.78 is 29.4. The van der Waals surface area contributed by atoms with E-state index in [1.54, 1.807) is 0 Å². The van der Waals surface area contributed by atoms with Gasteiger partial charge in [-0.25, -0.2) is 9.18 Å². The number of hydrogen-bond donors (Lipinski definition) is 2. The Kier molecular flexibility index (Phi) is 5.75. The Labute approximate surface area is 113 Å². The molecule has 1 unspecified atom stereocenters. The van der Waals surface area contributed by atoms with E-state index in [-0.39, 0.29) is 16.9 Å². The molecule has 106 valence electrons. The Balaban J connectivity index is 2.83. The average Bonchev–Trinajstić information content (AvgIpc) is 2.40. The third kappa shape index (κ3) is 4.20. The minimum absolute atomic E-state index is 0.0204. The van der Waals surface area contributed by atoms with E-state index in [1.807, 2.05) is 6.92 Å². The highest BCUT2D eigenvalue weighted by Crippen LogP contribution is 2.22. The fourth-order valence-electron chi connectivity index (χ4n) is 1.45. The minimum Gasteiger partial charge on any atom is -0.465 e. The molecular weight excluding hydrogens is 271 g/mol. The van der Waals surface area contributed by atoms with Gasteiger partial charge in [0, 0.05) is 34.5 Å². The number of ether oxygens (including phenoxy) is 1. The number of esters is 1. The second kappa shape index (κ2) is 7.08. The van der Waals surface area contributed by atoms with E-state index >= 15 is 0 Å². The van der Waals surface area contributed by atoms with Crippen LogP contribution in [0.1, 0.15) is 17.3 Å². The van der Waals surface area contributed by atoms with Crippen molar-refractivity contribution in [2.45, 2.75) is 6.92 Å². The molecule has 0 aromatic heterocycles. The van der Waals surface area contributed by atoms with Gasteiger partial charge in [-0.1, -0.05) is 6.92 Å². The van der Waals surface area contributed by atoms with Crippen LogP contribution in [0.15, 0.2) is 12.1 Å². The maximum absolute atomic E-state index is 13.6. The Morgan fingerprint density at radius 3 is 2.79 bits per heavy atom. The number of nitrogens with one attached hydrogen (secondary N) is 1. The van der Waals surface area contributed by atoms with Crippen LogP contribution >= 0.6 is 0 Å². The lowest BCUT2D eigenvalue weighted by atomic mass is 10.1. The highest BCUT2D eigenvalue weighted by Gasteiger charge is 2.14. The predicted octanol–water partition coefficient (Wildman–Crippen LogP) is 1.38. The summed E-state index contributed by atoms with van der Waals surface area (Å²) in [5.41, 5.74) is 5.81. The Bertz CT molecular complexity index is 494. The van der Waals surface area contributed by atoms with Crippen LogP contribution in [0.2, 0.25) is 0 Å². The van der Waals surface area contributed by atoms with Crippen LogP contribution in [0.5, 0.6) is 0 Å². The van der Waals surface area contributed by atoms with Crippen molar-refractivity contribution in [1.29, 1.82) is 0 Å². The van der Waals surface area contributed by atoms with E-state index in [0.29, 0.717) is 18.1 Å². The molecule has 19 heavy (non-hydrogen) atoms. The zero-order chi connectivity index (χ0) is 14.4. The molecule has 7 heteroatoms. The SMILES string of the molecule is CCS(=O)CCNc1cc(C(=O)OC)c(N)cc1F. The zero-order valence-electron chi connectivity index (χ0n) is 10.9. The predicted molar refractivity (Wildman–Crippen MR) is 74.2 cm³/mol. The molecule has 3 N–H and O–H groups in total. The lowest BCUT2D eigenvalue weighted by Gasteiger charge is -2.10. The van der Waals surface area contributed by atoms with Crippen molar-refractivity contribution in [2.24, 2.45) is 0 Å². The standard InChI is InChI=1S/C12H17FN2O3S/c1-3-19(17)5-4-15-11-6-8(12(16)18-2)10(14)7-9(11)13/h6-7,15H,3-5,14H2,1-2H3. The maximum atomic E-state index is 13.6. The van der Waals surface area contributed by atoms with Crippen molar-refractivity contribution in [1.82, 2.24) is 0 Å². The number of hydrogen-bond acceptors (Lipinski definition) is 5. The van der Waals surface area contributed by atoms with Gasteiger partial charge in [-0.3, -0.25) is 4.21 Å². The number of rotatable bonds is 6. The van der Waals surface area contributed by atoms with Crippen molar-refractivity contribution in [2.75, 3.05) is 36.2 Å². The first-order valence-electron chi connectivity index (χ1n) is 5.75. The lowest BCUT2D eigenvalue weighted by Crippen LogP contribution is -2.14. The van der Waals surface area contributed by atoms with Crippen molar-refractivity contribution in [3.05, 3.63) is 23.5 Å². The monoisotopic (exact) mass is 288 g/mol. The molecule has 0 aliphatic heterocycles. The van der Waals surface area contributed by atoms with Crippen molar-refractivity contribution < 1.29 is 18.1 Å². The molecule has 0 aliphatic rings. The molecule has 0 radical (unpaired) electrons. The van der Waals surface area contributed by atoms with Crippen LogP contribution in [0.3, 0.4) is 0 Å². The van der Waals surface area contributed by atoms with E-state index in [1.165, 1.54) is 13.2 Å². The van der Waals surface area contributed by atoms with Crippen LogP contribution in [0.25, 0.3) is 0 Å². The van der Waals surface area contributed by atoms with E-state index in [9.17, 15) is 13.4 Å². The van der Waals surface area contributed by atoms with Crippen LogP contribution in [-0.2, 0) is 15.5 Å². The van der Waals surface area contributed by atoms with E-state index in [0.717, 1.165) is 6.07 Å². The smallest absolute Gasteiger partial charge is 0.340 e. The summed E-state index contributed by atoms with van der Waals surface area (Å²) in [6.07, 6.45) is 0. The van der Waals surface area contributed by atoms with Gasteiger partial charge in [0.05, 0.1) is 18.4 Å². The average molecular weight is 288 g/mol. The number of nitrogens with two attached hydrogens (primary N) is 1. The number of halogens is 1. The van der Waals surface area contributed by atoms with Crippen molar-refractivity contribution >= 4 is 28.1 Å². The molecule has 0 fully saturated rings. The molecule has 1 rings (SSSR count). The van der Waals surface area contributed by atoms with E-state index in [4.69, 9.17) is 5.73 Å². The summed E-state index contributed by atoms with van der Waals surface area (Å²) in [6, 6.07) is 2.36. The Hall–Kier alpha value is -1.63. The summed E-state index contributed by atoms with van der Waals surface area (Å²) in [5.74, 6) is -0.224. The van der Waals surface area contributed by atoms with Crippen molar-refractivity contribution in [3.8, 4) is 0 Å². The molecule has 0 aliphatic carbocycles. The first-order valence-corrected chi connectivity index (χ1v) is 7.24. The summed E-state index contributed by atoms with van der Waals surface area (Å²) in [6.45, 7) is 2.16. The Morgan fingerprint density at radius 2 is 2.21 bits per heavy atom. The summed E-state index contributed by atoms with van der Waals surface area (Å²) in [4.78, 5) is 11.4. The first-order chi connectivity index (χ1) is 8.99. The molecule has 0 heterocycles. The van der Waals surface area contributed by atoms with Gasteiger partial charge >= 0.3 is 5.97 Å². The van der Waals surface area contributed by atoms with Crippen LogP contribution < -0.4 is 11.1 Å². The maximum Gasteiger partial charge on any atom is 0.340 e. The number of anilines is 2. The number of methoxy groups -OCH3 is 1. The van der Waals surface area contributed by atoms with Gasteiger partial charge in [-0.15, -0.1) is 0 Å². The highest BCUT2D eigenvalue weighted by atomic mass is 32.2. The summed E-state index contributed by atoms with van der Waals surface area (Å²) >= 11 is 0. The number of carbonyl (C=O) groups is 1. The highest BCUT2D eigenvalue weighted by molar-refractivity contribution is 7.84. The third-order valence-electron chi connectivity index (χ3n) is 2.51. The lowest BCUT2D eigenvalue weighted by molar-refractivity contribution is 0.0602. The van der Waals surface area contributed by atoms with Crippen molar-refractivity contribution in [3.63, 3.8) is 0 Å². The van der Waals surface area contributed by atoms with E-state index in [2.05, 4.69) is 10.1 Å². The van der Waals surface area contributed by atoms with Gasteiger partial charge in [-0.05, 0) is 12.1 Å². The third-order valence-corrected chi connectivity index (χ3v) is 3.82. The van der Waals surface area contributed by atoms with Crippen LogP contribution in [-0.4, -0.2) is 35.3 Å². The van der Waals surface area contributed by atoms with Gasteiger partial charge < -0.3 is 15.8 Å². The quantitative estimate of drug-likeness (QED) is 0.610. The molecule has 1 aromatic carbocycles. The largest absolute Gasteiger partial charge is 0.465 e. The molecule has 0 saturated heterocycles. The molecule has 5 nitrogen and oxygen atoms in total. The minimum atomic E-state index is -0.929. The molecule has 0 bridgehead atoms. The number of nitrogen functional groups attached to an aromatic ring is 1. The van der Waals surface area contributed by atoms with Gasteiger partial charge in [0.15, 0.2) is 0 Å². The zero-order valence-corrected chi connectivity index (χ0v) is 11.7. The molecule has 0 spiro atoms. The Morgan fingerprint density at radius 1 is 1.53 bits per heavy atom. The van der Waals surface area contributed by atoms with Gasteiger partial charge in [0.1, 0.15) is 5.82 Å². The van der Waals surface area contributed by atoms with E-state index < -0.39 is 22.6 Å². The van der Waals surface area contributed by atoms with Gasteiger partial charge in [-0.2, -0.15) is 0 Å². The molecule has 1 atom stereocenters. The summed E-state index contributed by atoms with van der Waals surface area (Å²) in [7, 11) is 0.296. The van der Waals surface area contributed by atoms with Crippen LogP contribution in [0.4, 0.5) is 15.8 Å². The number of carbonyl (C=O) groups excluding carboxylic acids is 1. The molecular formula is C12H17FN2O3S. The number of benzene rings is 1. The first kappa shape index (κ1) is 15.4. The fraction of sp³-hybridized carbons (Fsp3) is 0.417. The molecule has 0 amide bonds. The van der Waals surface area contributed by atoms with Crippen LogP contribution in [0, 0.1) is 5.82 Å². The molecule has 0 saturated carbocycles. The second-order valence-electron chi connectivity index (χ2n) is 3.77. The fourth-order valence-corrected chi connectivity index (χ4v) is 2.07. The molecule has 1 aromatic rings. The summed E-state index contributed by atoms with van der Waals surface area (Å²) in [5, 5.41) is 2.79. The van der Waals surface area contributed by atoms with Gasteiger partial charge in [0.25, 0.3) is 0 Å².